The van der Waals surface area contributed by atoms with Gasteiger partial charge in [-0.2, -0.15) is 0 Å². The highest BCUT2D eigenvalue weighted by atomic mass is 16.5. The Morgan fingerprint density at radius 3 is 2.92 bits per heavy atom. The van der Waals surface area contributed by atoms with Crippen molar-refractivity contribution in [2.75, 3.05) is 20.6 Å². The summed E-state index contributed by atoms with van der Waals surface area (Å²) >= 11 is 0. The molecule has 132 valence electrons. The number of hydrogen-bond donors (Lipinski definition) is 1. The minimum absolute atomic E-state index is 0.0458. The maximum absolute atomic E-state index is 11.1. The van der Waals surface area contributed by atoms with Gasteiger partial charge in [-0.05, 0) is 42.8 Å². The number of benzene rings is 1. The number of carboxylic acids is 1. The highest BCUT2D eigenvalue weighted by Gasteiger charge is 2.30. The van der Waals surface area contributed by atoms with Crippen LogP contribution < -0.4 is 0 Å². The van der Waals surface area contributed by atoms with Crippen LogP contribution >= 0.6 is 0 Å². The van der Waals surface area contributed by atoms with Crippen LogP contribution in [-0.2, 0) is 16.1 Å². The van der Waals surface area contributed by atoms with E-state index in [2.05, 4.69) is 49.3 Å². The first kappa shape index (κ1) is 17.6. The van der Waals surface area contributed by atoms with Crippen molar-refractivity contribution in [2.45, 2.75) is 25.6 Å². The van der Waals surface area contributed by atoms with E-state index in [4.69, 9.17) is 9.84 Å². The van der Waals surface area contributed by atoms with E-state index in [0.717, 1.165) is 18.5 Å². The second-order valence-electron chi connectivity index (χ2n) is 6.88. The first-order valence-corrected chi connectivity index (χ1v) is 8.70. The lowest BCUT2D eigenvalue weighted by atomic mass is 9.82. The zero-order chi connectivity index (χ0) is 17.8. The summed E-state index contributed by atoms with van der Waals surface area (Å²) in [5, 5.41) is 9.12. The van der Waals surface area contributed by atoms with Gasteiger partial charge in [-0.1, -0.05) is 48.6 Å². The van der Waals surface area contributed by atoms with Gasteiger partial charge >= 0.3 is 5.97 Å². The van der Waals surface area contributed by atoms with Gasteiger partial charge in [0.25, 0.3) is 0 Å². The SMILES string of the molecule is CN(C)CC/C=C1\c2ccccc2COC2C=CC(CC(=O)O)=CC12. The van der Waals surface area contributed by atoms with Crippen molar-refractivity contribution in [1.82, 2.24) is 4.90 Å². The fourth-order valence-corrected chi connectivity index (χ4v) is 3.46. The Hall–Kier alpha value is -2.17. The lowest BCUT2D eigenvalue weighted by molar-refractivity contribution is -0.136. The van der Waals surface area contributed by atoms with E-state index < -0.39 is 5.97 Å². The van der Waals surface area contributed by atoms with Gasteiger partial charge in [-0.15, -0.1) is 0 Å². The van der Waals surface area contributed by atoms with Gasteiger partial charge in [0.05, 0.1) is 19.1 Å². The van der Waals surface area contributed by atoms with Crippen molar-refractivity contribution >= 4 is 11.5 Å². The van der Waals surface area contributed by atoms with E-state index in [1.807, 2.05) is 18.2 Å². The molecular weight excluding hydrogens is 314 g/mol. The number of fused-ring (bicyclic) bond motifs is 2. The number of carbonyl (C=O) groups is 1. The van der Waals surface area contributed by atoms with Crippen LogP contribution in [0.1, 0.15) is 24.0 Å². The van der Waals surface area contributed by atoms with Gasteiger partial charge in [0.2, 0.25) is 0 Å². The zero-order valence-corrected chi connectivity index (χ0v) is 14.8. The van der Waals surface area contributed by atoms with Crippen LogP contribution in [0.4, 0.5) is 0 Å². The van der Waals surface area contributed by atoms with Crippen molar-refractivity contribution in [3.8, 4) is 0 Å². The molecule has 3 rings (SSSR count). The Labute approximate surface area is 149 Å². The molecule has 0 spiro atoms. The van der Waals surface area contributed by atoms with Crippen LogP contribution in [0.2, 0.25) is 0 Å². The number of aliphatic carboxylic acids is 1. The second kappa shape index (κ2) is 7.81. The van der Waals surface area contributed by atoms with E-state index in [9.17, 15) is 4.79 Å². The molecule has 0 radical (unpaired) electrons. The minimum atomic E-state index is -0.803. The Morgan fingerprint density at radius 2 is 2.16 bits per heavy atom. The molecule has 1 heterocycles. The third kappa shape index (κ3) is 4.27. The van der Waals surface area contributed by atoms with Crippen molar-refractivity contribution in [3.05, 3.63) is 65.3 Å². The molecular formula is C21H25NO3. The molecule has 1 aromatic carbocycles. The van der Waals surface area contributed by atoms with E-state index in [1.165, 1.54) is 16.7 Å². The first-order valence-electron chi connectivity index (χ1n) is 8.70. The topological polar surface area (TPSA) is 49.8 Å². The van der Waals surface area contributed by atoms with Crippen LogP contribution in [0.5, 0.6) is 0 Å². The predicted octanol–water partition coefficient (Wildman–Crippen LogP) is 3.51. The molecule has 0 saturated heterocycles. The predicted molar refractivity (Wildman–Crippen MR) is 99.1 cm³/mol. The van der Waals surface area contributed by atoms with Gasteiger partial charge in [-0.25, -0.2) is 0 Å². The summed E-state index contributed by atoms with van der Waals surface area (Å²) in [6.45, 7) is 1.56. The third-order valence-electron chi connectivity index (χ3n) is 4.66. The Kier molecular flexibility index (Phi) is 5.51. The summed E-state index contributed by atoms with van der Waals surface area (Å²) in [4.78, 5) is 13.3. The Bertz CT molecular complexity index is 730. The molecule has 2 aliphatic rings. The minimum Gasteiger partial charge on any atom is -0.481 e. The number of allylic oxidation sites excluding steroid dienone is 1. The highest BCUT2D eigenvalue weighted by Crippen LogP contribution is 2.38. The molecule has 1 aliphatic heterocycles. The lowest BCUT2D eigenvalue weighted by Crippen LogP contribution is -2.23. The number of hydrogen-bond acceptors (Lipinski definition) is 3. The fraction of sp³-hybridized carbons (Fsp3) is 0.381. The van der Waals surface area contributed by atoms with E-state index in [0.29, 0.717) is 6.61 Å². The van der Waals surface area contributed by atoms with Crippen molar-refractivity contribution in [3.63, 3.8) is 0 Å². The van der Waals surface area contributed by atoms with Crippen LogP contribution in [0, 0.1) is 5.92 Å². The molecule has 4 heteroatoms. The second-order valence-corrected chi connectivity index (χ2v) is 6.88. The standard InChI is InChI=1S/C21H25NO3/c1-22(2)11-5-8-18-17-7-4-3-6-16(17)14-25-20-10-9-15(12-19(18)20)13-21(23)24/h3-4,6-10,12,19-20H,5,11,13-14H2,1-2H3,(H,23,24)/b18-8+. The molecule has 0 bridgehead atoms. The molecule has 1 aliphatic carbocycles. The first-order chi connectivity index (χ1) is 12.0. The molecule has 4 nitrogen and oxygen atoms in total. The van der Waals surface area contributed by atoms with E-state index in [1.54, 1.807) is 0 Å². The van der Waals surface area contributed by atoms with Crippen LogP contribution in [-0.4, -0.2) is 42.7 Å². The summed E-state index contributed by atoms with van der Waals surface area (Å²) in [7, 11) is 4.14. The molecule has 0 aromatic heterocycles. The number of nitrogens with zero attached hydrogens (tertiary/aromatic N) is 1. The number of ether oxygens (including phenoxy) is 1. The molecule has 0 amide bonds. The average Bonchev–Trinajstić information content (AvgIpc) is 2.72. The Morgan fingerprint density at radius 1 is 1.36 bits per heavy atom. The van der Waals surface area contributed by atoms with Crippen molar-refractivity contribution in [2.24, 2.45) is 5.92 Å². The summed E-state index contributed by atoms with van der Waals surface area (Å²) in [5.74, 6) is -0.743. The lowest BCUT2D eigenvalue weighted by Gasteiger charge is -2.26. The molecule has 25 heavy (non-hydrogen) atoms. The molecule has 2 unspecified atom stereocenters. The van der Waals surface area contributed by atoms with Crippen molar-refractivity contribution in [1.29, 1.82) is 0 Å². The summed E-state index contributed by atoms with van der Waals surface area (Å²) < 4.78 is 6.11. The number of carboxylic acid groups (broad SMARTS) is 1. The molecule has 2 atom stereocenters. The number of rotatable bonds is 5. The Balaban J connectivity index is 1.98. The van der Waals surface area contributed by atoms with Crippen LogP contribution in [0.25, 0.3) is 5.57 Å². The normalized spacial score (nSPS) is 23.8. The van der Waals surface area contributed by atoms with Gasteiger partial charge in [0, 0.05) is 12.5 Å². The maximum Gasteiger partial charge on any atom is 0.307 e. The molecule has 0 fully saturated rings. The van der Waals surface area contributed by atoms with Crippen LogP contribution in [0.15, 0.2) is 54.1 Å². The van der Waals surface area contributed by atoms with E-state index >= 15 is 0 Å². The fourth-order valence-electron chi connectivity index (χ4n) is 3.46. The van der Waals surface area contributed by atoms with E-state index in [-0.39, 0.29) is 18.4 Å². The molecule has 0 saturated carbocycles. The van der Waals surface area contributed by atoms with Crippen molar-refractivity contribution < 1.29 is 14.6 Å². The van der Waals surface area contributed by atoms with Gasteiger partial charge in [-0.3, -0.25) is 4.79 Å². The summed E-state index contributed by atoms with van der Waals surface area (Å²) in [6.07, 6.45) is 9.22. The monoisotopic (exact) mass is 339 g/mol. The molecule has 1 aromatic rings. The third-order valence-corrected chi connectivity index (χ3v) is 4.66. The van der Waals surface area contributed by atoms with Gasteiger partial charge in [0.1, 0.15) is 0 Å². The smallest absolute Gasteiger partial charge is 0.307 e. The summed E-state index contributed by atoms with van der Waals surface area (Å²) in [5.41, 5.74) is 4.49. The highest BCUT2D eigenvalue weighted by molar-refractivity contribution is 5.75. The zero-order valence-electron chi connectivity index (χ0n) is 14.8. The van der Waals surface area contributed by atoms with Gasteiger partial charge < -0.3 is 14.7 Å². The average molecular weight is 339 g/mol. The van der Waals surface area contributed by atoms with Gasteiger partial charge in [0.15, 0.2) is 0 Å². The largest absolute Gasteiger partial charge is 0.481 e. The quantitative estimate of drug-likeness (QED) is 0.892. The molecule has 1 N–H and O–H groups in total. The maximum atomic E-state index is 11.1. The van der Waals surface area contributed by atoms with Crippen LogP contribution in [0.3, 0.4) is 0 Å². The summed E-state index contributed by atoms with van der Waals surface area (Å²) in [6, 6.07) is 8.35.